The zero-order valence-corrected chi connectivity index (χ0v) is 6.44. The fourth-order valence-electron chi connectivity index (χ4n) is 1.11. The van der Waals surface area contributed by atoms with Gasteiger partial charge >= 0.3 is 0 Å². The first kappa shape index (κ1) is 8.33. The molecule has 1 rings (SSSR count). The minimum atomic E-state index is -2.52. The number of nitrogens with zero attached hydrogens (tertiary/aromatic N) is 1. The van der Waals surface area contributed by atoms with Gasteiger partial charge in [0.05, 0.1) is 0 Å². The van der Waals surface area contributed by atoms with Crippen LogP contribution in [0.3, 0.4) is 0 Å². The van der Waals surface area contributed by atoms with Gasteiger partial charge in [0.2, 0.25) is 0 Å². The molecule has 1 aliphatic heterocycles. The van der Waals surface area contributed by atoms with Crippen molar-refractivity contribution in [2.45, 2.75) is 25.9 Å². The quantitative estimate of drug-likeness (QED) is 0.617. The van der Waals surface area contributed by atoms with Gasteiger partial charge in [-0.1, -0.05) is 0 Å². The summed E-state index contributed by atoms with van der Waals surface area (Å²) in [4.78, 5) is 3.65. The molecule has 2 N–H and O–H groups in total. The predicted molar refractivity (Wildman–Crippen MR) is 39.8 cm³/mol. The smallest absolute Gasteiger partial charge is 0.280 e. The van der Waals surface area contributed by atoms with Crippen LogP contribution in [0.2, 0.25) is 0 Å². The molecule has 0 aromatic carbocycles. The lowest BCUT2D eigenvalue weighted by Gasteiger charge is -2.08. The molecular formula is C7H10F2N2. The molecule has 0 aromatic heterocycles. The maximum Gasteiger partial charge on any atom is 0.280 e. The molecule has 2 nitrogen and oxygen atoms in total. The summed E-state index contributed by atoms with van der Waals surface area (Å²) in [6.07, 6.45) is -0.981. The maximum absolute atomic E-state index is 12.1. The summed E-state index contributed by atoms with van der Waals surface area (Å²) in [5.41, 5.74) is 4.86. The summed E-state index contributed by atoms with van der Waals surface area (Å²) in [7, 11) is 0. The molecule has 0 spiro atoms. The Labute approximate surface area is 63.8 Å². The van der Waals surface area contributed by atoms with Crippen LogP contribution in [-0.2, 0) is 0 Å². The monoisotopic (exact) mass is 160 g/mol. The van der Waals surface area contributed by atoms with E-state index in [-0.39, 0.29) is 5.71 Å². The van der Waals surface area contributed by atoms with Gasteiger partial charge in [-0.15, -0.1) is 0 Å². The Hall–Kier alpha value is -0.770. The number of halogens is 2. The number of rotatable bonds is 1. The Morgan fingerprint density at radius 2 is 2.18 bits per heavy atom. The van der Waals surface area contributed by atoms with Crippen molar-refractivity contribution >= 4 is 5.71 Å². The number of nitrogens with two attached hydrogens (primary N) is 1. The van der Waals surface area contributed by atoms with Crippen LogP contribution in [-0.4, -0.2) is 17.8 Å². The molecule has 62 valence electrons. The molecule has 1 heterocycles. The predicted octanol–water partition coefficient (Wildman–Crippen LogP) is 1.33. The molecule has 1 aliphatic rings. The highest BCUT2D eigenvalue weighted by Gasteiger charge is 2.27. The molecule has 0 radical (unpaired) electrons. The molecule has 0 bridgehead atoms. The second-order valence-electron chi connectivity index (χ2n) is 2.85. The third-order valence-electron chi connectivity index (χ3n) is 1.48. The number of allylic oxidation sites excluding steroid dienone is 1. The lowest BCUT2D eigenvalue weighted by atomic mass is 10.1. The molecule has 1 atom stereocenters. The van der Waals surface area contributed by atoms with E-state index < -0.39 is 12.1 Å². The van der Waals surface area contributed by atoms with Gasteiger partial charge in [-0.3, -0.25) is 4.99 Å². The minimum absolute atomic E-state index is 0.185. The van der Waals surface area contributed by atoms with E-state index in [1.807, 2.05) is 0 Å². The minimum Gasteiger partial charge on any atom is -0.304 e. The highest BCUT2D eigenvalue weighted by molar-refractivity contribution is 6.04. The molecule has 11 heavy (non-hydrogen) atoms. The molecule has 1 unspecified atom stereocenters. The second kappa shape index (κ2) is 2.37. The van der Waals surface area contributed by atoms with Crippen molar-refractivity contribution in [2.75, 3.05) is 0 Å². The molecular weight excluding hydrogens is 150 g/mol. The van der Waals surface area contributed by atoms with E-state index in [2.05, 4.69) is 4.99 Å². The lowest BCUT2D eigenvalue weighted by Crippen LogP contribution is -2.29. The first-order valence-electron chi connectivity index (χ1n) is 3.29. The summed E-state index contributed by atoms with van der Waals surface area (Å²) in [6.45, 7) is 3.18. The van der Waals surface area contributed by atoms with Gasteiger partial charge in [0.1, 0.15) is 11.4 Å². The third kappa shape index (κ3) is 1.63. The highest BCUT2D eigenvalue weighted by atomic mass is 19.3. The third-order valence-corrected chi connectivity index (χ3v) is 1.48. The van der Waals surface area contributed by atoms with Gasteiger partial charge in [-0.05, 0) is 25.5 Å². The highest BCUT2D eigenvalue weighted by Crippen LogP contribution is 2.21. The van der Waals surface area contributed by atoms with Crippen LogP contribution in [0.5, 0.6) is 0 Å². The van der Waals surface area contributed by atoms with Gasteiger partial charge in [0.15, 0.2) is 0 Å². The number of aliphatic imine (C=N–C) groups is 1. The van der Waals surface area contributed by atoms with Crippen molar-refractivity contribution in [3.05, 3.63) is 11.6 Å². The van der Waals surface area contributed by atoms with Crippen molar-refractivity contribution in [2.24, 2.45) is 10.7 Å². The molecule has 0 saturated heterocycles. The van der Waals surface area contributed by atoms with Gasteiger partial charge in [-0.25, -0.2) is 8.78 Å². The Bertz CT molecular complexity index is 229. The summed E-state index contributed by atoms with van der Waals surface area (Å²) >= 11 is 0. The summed E-state index contributed by atoms with van der Waals surface area (Å²) in [5.74, 6) is 0. The summed E-state index contributed by atoms with van der Waals surface area (Å²) in [5, 5.41) is 0. The van der Waals surface area contributed by atoms with Gasteiger partial charge in [0.25, 0.3) is 6.43 Å². The standard InChI is InChI=1S/C7H10F2N2/c1-4-3-7(2,10)11-5(4)6(8)9/h3,6H,10H2,1-2H3. The van der Waals surface area contributed by atoms with E-state index in [9.17, 15) is 8.78 Å². The van der Waals surface area contributed by atoms with E-state index >= 15 is 0 Å². The topological polar surface area (TPSA) is 38.4 Å². The Morgan fingerprint density at radius 3 is 2.36 bits per heavy atom. The van der Waals surface area contributed by atoms with Crippen LogP contribution in [0.4, 0.5) is 8.78 Å². The molecule has 0 fully saturated rings. The average molecular weight is 160 g/mol. The SMILES string of the molecule is CC1=CC(C)(N)N=C1C(F)F. The molecule has 0 saturated carbocycles. The Morgan fingerprint density at radius 1 is 1.64 bits per heavy atom. The van der Waals surface area contributed by atoms with Crippen molar-refractivity contribution < 1.29 is 8.78 Å². The Balaban J connectivity index is 2.94. The van der Waals surface area contributed by atoms with E-state index in [1.165, 1.54) is 6.08 Å². The first-order valence-corrected chi connectivity index (χ1v) is 3.29. The van der Waals surface area contributed by atoms with Crippen LogP contribution in [0.1, 0.15) is 13.8 Å². The van der Waals surface area contributed by atoms with Crippen molar-refractivity contribution in [3.63, 3.8) is 0 Å². The fourth-order valence-corrected chi connectivity index (χ4v) is 1.11. The van der Waals surface area contributed by atoms with Gasteiger partial charge < -0.3 is 5.73 Å². The average Bonchev–Trinajstić information content (AvgIpc) is 2.05. The van der Waals surface area contributed by atoms with Crippen LogP contribution in [0, 0.1) is 0 Å². The van der Waals surface area contributed by atoms with E-state index in [1.54, 1.807) is 13.8 Å². The van der Waals surface area contributed by atoms with E-state index in [0.29, 0.717) is 5.57 Å². The molecule has 0 aliphatic carbocycles. The first-order chi connectivity index (χ1) is 4.92. The number of alkyl halides is 2. The Kier molecular flexibility index (Phi) is 1.80. The van der Waals surface area contributed by atoms with Crippen LogP contribution in [0.25, 0.3) is 0 Å². The lowest BCUT2D eigenvalue weighted by molar-refractivity contribution is 0.225. The van der Waals surface area contributed by atoms with Gasteiger partial charge in [-0.2, -0.15) is 0 Å². The zero-order chi connectivity index (χ0) is 8.65. The van der Waals surface area contributed by atoms with E-state index in [4.69, 9.17) is 5.73 Å². The van der Waals surface area contributed by atoms with Crippen molar-refractivity contribution in [1.82, 2.24) is 0 Å². The second-order valence-corrected chi connectivity index (χ2v) is 2.85. The summed E-state index contributed by atoms with van der Waals surface area (Å²) in [6, 6.07) is 0. The molecule has 4 heteroatoms. The summed E-state index contributed by atoms with van der Waals surface area (Å²) < 4.78 is 24.2. The molecule has 0 aromatic rings. The maximum atomic E-state index is 12.1. The largest absolute Gasteiger partial charge is 0.304 e. The van der Waals surface area contributed by atoms with Crippen LogP contribution >= 0.6 is 0 Å². The van der Waals surface area contributed by atoms with Crippen LogP contribution < -0.4 is 5.73 Å². The van der Waals surface area contributed by atoms with Gasteiger partial charge in [0, 0.05) is 0 Å². The number of hydrogen-bond donors (Lipinski definition) is 1. The van der Waals surface area contributed by atoms with E-state index in [0.717, 1.165) is 0 Å². The van der Waals surface area contributed by atoms with Crippen molar-refractivity contribution in [3.8, 4) is 0 Å². The number of hydrogen-bond acceptors (Lipinski definition) is 2. The normalized spacial score (nSPS) is 30.7. The molecule has 0 amide bonds. The van der Waals surface area contributed by atoms with Crippen molar-refractivity contribution in [1.29, 1.82) is 0 Å². The fraction of sp³-hybridized carbons (Fsp3) is 0.571. The van der Waals surface area contributed by atoms with Crippen LogP contribution in [0.15, 0.2) is 16.6 Å². The zero-order valence-electron chi connectivity index (χ0n) is 6.44.